The zero-order valence-corrected chi connectivity index (χ0v) is 16.5. The number of likely N-dealkylation sites (N-methyl/N-ethyl adjacent to an activating group) is 1. The first-order valence-corrected chi connectivity index (χ1v) is 9.49. The summed E-state index contributed by atoms with van der Waals surface area (Å²) in [5.41, 5.74) is 2.77. The highest BCUT2D eigenvalue weighted by Crippen LogP contribution is 2.35. The van der Waals surface area contributed by atoms with Gasteiger partial charge in [-0.3, -0.25) is 9.59 Å². The van der Waals surface area contributed by atoms with Gasteiger partial charge in [0.05, 0.1) is 19.1 Å². The summed E-state index contributed by atoms with van der Waals surface area (Å²) in [6.07, 6.45) is 0.147. The van der Waals surface area contributed by atoms with Gasteiger partial charge in [0.25, 0.3) is 0 Å². The molecule has 0 fully saturated rings. The van der Waals surface area contributed by atoms with Gasteiger partial charge < -0.3 is 19.7 Å². The maximum atomic E-state index is 12.6. The third-order valence-corrected chi connectivity index (χ3v) is 4.79. The number of nitrogens with zero attached hydrogens (tertiary/aromatic N) is 1. The molecule has 148 valence electrons. The predicted molar refractivity (Wildman–Crippen MR) is 108 cm³/mol. The number of anilines is 1. The number of carbonyl (C=O) groups is 2. The van der Waals surface area contributed by atoms with E-state index in [9.17, 15) is 9.59 Å². The lowest BCUT2D eigenvalue weighted by Crippen LogP contribution is -2.32. The van der Waals surface area contributed by atoms with E-state index in [0.717, 1.165) is 16.8 Å². The van der Waals surface area contributed by atoms with Crippen molar-refractivity contribution in [2.45, 2.75) is 26.2 Å². The molecule has 3 rings (SSSR count). The number of rotatable bonds is 8. The third-order valence-electron chi connectivity index (χ3n) is 4.79. The highest BCUT2D eigenvalue weighted by Gasteiger charge is 2.33. The molecule has 28 heavy (non-hydrogen) atoms. The number of ether oxygens (including phenoxy) is 2. The summed E-state index contributed by atoms with van der Waals surface area (Å²) in [7, 11) is 1.73. The van der Waals surface area contributed by atoms with E-state index < -0.39 is 5.92 Å². The van der Waals surface area contributed by atoms with Gasteiger partial charge in [0, 0.05) is 19.2 Å². The van der Waals surface area contributed by atoms with E-state index in [2.05, 4.69) is 5.32 Å². The smallest absolute Gasteiger partial charge is 0.232 e. The molecule has 1 N–H and O–H groups in total. The first-order chi connectivity index (χ1) is 13.5. The highest BCUT2D eigenvalue weighted by molar-refractivity contribution is 6.05. The number of carbonyl (C=O) groups excluding carboxylic acids is 2. The van der Waals surface area contributed by atoms with Crippen LogP contribution >= 0.6 is 0 Å². The fourth-order valence-corrected chi connectivity index (χ4v) is 3.24. The van der Waals surface area contributed by atoms with Crippen LogP contribution in [0.1, 0.15) is 30.4 Å². The molecule has 6 nitrogen and oxygen atoms in total. The number of para-hydroxylation sites is 2. The van der Waals surface area contributed by atoms with Crippen LogP contribution in [-0.2, 0) is 9.59 Å². The molecule has 1 aliphatic rings. The molecule has 0 unspecified atom stereocenters. The van der Waals surface area contributed by atoms with Crippen LogP contribution in [0.3, 0.4) is 0 Å². The van der Waals surface area contributed by atoms with Gasteiger partial charge in [0.2, 0.25) is 11.8 Å². The minimum atomic E-state index is -0.440. The summed E-state index contributed by atoms with van der Waals surface area (Å²) in [4.78, 5) is 26.5. The molecular weight excluding hydrogens is 356 g/mol. The number of hydrogen-bond acceptors (Lipinski definition) is 4. The molecule has 0 bridgehead atoms. The Morgan fingerprint density at radius 1 is 1.14 bits per heavy atom. The first-order valence-electron chi connectivity index (χ1n) is 9.49. The molecular formula is C22H26N2O4. The fraction of sp³-hybridized carbons (Fsp3) is 0.364. The second-order valence-electron chi connectivity index (χ2n) is 6.88. The van der Waals surface area contributed by atoms with Crippen molar-refractivity contribution in [3.63, 3.8) is 0 Å². The normalized spacial score (nSPS) is 15.0. The topological polar surface area (TPSA) is 67.9 Å². The Labute approximate surface area is 165 Å². The summed E-state index contributed by atoms with van der Waals surface area (Å²) < 4.78 is 11.3. The van der Waals surface area contributed by atoms with Crippen molar-refractivity contribution in [1.82, 2.24) is 4.90 Å². The van der Waals surface area contributed by atoms with E-state index in [4.69, 9.17) is 9.47 Å². The van der Waals surface area contributed by atoms with Crippen LogP contribution in [0.15, 0.2) is 42.5 Å². The first kappa shape index (κ1) is 19.7. The molecule has 0 aromatic heterocycles. The number of hydrogen-bond donors (Lipinski definition) is 1. The van der Waals surface area contributed by atoms with Crippen molar-refractivity contribution in [2.24, 2.45) is 0 Å². The van der Waals surface area contributed by atoms with Crippen LogP contribution in [0.4, 0.5) is 5.69 Å². The summed E-state index contributed by atoms with van der Waals surface area (Å²) >= 11 is 0. The lowest BCUT2D eigenvalue weighted by Gasteiger charge is -2.20. The molecule has 2 aromatic carbocycles. The molecule has 0 saturated carbocycles. The average Bonchev–Trinajstić information content (AvgIpc) is 2.98. The second-order valence-corrected chi connectivity index (χ2v) is 6.88. The SMILES string of the molecule is CCOc1ccccc1OCCN(C)C(=O)C[C@@H]1C(=O)Nc2ccc(C)cc21. The molecule has 0 aliphatic carbocycles. The molecule has 0 saturated heterocycles. The largest absolute Gasteiger partial charge is 0.490 e. The van der Waals surface area contributed by atoms with Gasteiger partial charge in [-0.05, 0) is 37.6 Å². The van der Waals surface area contributed by atoms with Crippen molar-refractivity contribution < 1.29 is 19.1 Å². The lowest BCUT2D eigenvalue weighted by molar-refractivity contribution is -0.132. The van der Waals surface area contributed by atoms with Gasteiger partial charge in [-0.2, -0.15) is 0 Å². The average molecular weight is 382 g/mol. The van der Waals surface area contributed by atoms with Crippen molar-refractivity contribution in [2.75, 3.05) is 32.1 Å². The van der Waals surface area contributed by atoms with Crippen molar-refractivity contribution in [3.05, 3.63) is 53.6 Å². The predicted octanol–water partition coefficient (Wildman–Crippen LogP) is 3.36. The summed E-state index contributed by atoms with van der Waals surface area (Å²) in [5.74, 6) is 0.697. The quantitative estimate of drug-likeness (QED) is 0.760. The van der Waals surface area contributed by atoms with Gasteiger partial charge in [-0.15, -0.1) is 0 Å². The van der Waals surface area contributed by atoms with Crippen LogP contribution in [-0.4, -0.2) is 43.5 Å². The molecule has 1 aliphatic heterocycles. The molecule has 1 heterocycles. The van der Waals surface area contributed by atoms with E-state index in [1.165, 1.54) is 0 Å². The van der Waals surface area contributed by atoms with Gasteiger partial charge in [-0.1, -0.05) is 29.8 Å². The minimum Gasteiger partial charge on any atom is -0.490 e. The number of amides is 2. The maximum Gasteiger partial charge on any atom is 0.232 e. The molecule has 1 atom stereocenters. The van der Waals surface area contributed by atoms with Crippen LogP contribution < -0.4 is 14.8 Å². The summed E-state index contributed by atoms with van der Waals surface area (Å²) in [6, 6.07) is 13.3. The maximum absolute atomic E-state index is 12.6. The Bertz CT molecular complexity index is 865. The Hall–Kier alpha value is -3.02. The number of fused-ring (bicyclic) bond motifs is 1. The van der Waals surface area contributed by atoms with Gasteiger partial charge in [0.15, 0.2) is 11.5 Å². The van der Waals surface area contributed by atoms with E-state index >= 15 is 0 Å². The zero-order valence-electron chi connectivity index (χ0n) is 16.5. The van der Waals surface area contributed by atoms with Crippen molar-refractivity contribution in [3.8, 4) is 11.5 Å². The summed E-state index contributed by atoms with van der Waals surface area (Å²) in [6.45, 7) is 5.23. The second kappa shape index (κ2) is 8.78. The molecule has 6 heteroatoms. The van der Waals surface area contributed by atoms with Crippen LogP contribution in [0.25, 0.3) is 0 Å². The molecule has 2 aromatic rings. The summed E-state index contributed by atoms with van der Waals surface area (Å²) in [5, 5.41) is 2.85. The van der Waals surface area contributed by atoms with E-state index in [0.29, 0.717) is 31.3 Å². The number of benzene rings is 2. The van der Waals surface area contributed by atoms with Gasteiger partial charge in [0.1, 0.15) is 6.61 Å². The van der Waals surface area contributed by atoms with Crippen LogP contribution in [0, 0.1) is 6.92 Å². The van der Waals surface area contributed by atoms with E-state index in [-0.39, 0.29) is 18.2 Å². The number of aryl methyl sites for hydroxylation is 1. The molecule has 2 amide bonds. The van der Waals surface area contributed by atoms with Crippen molar-refractivity contribution >= 4 is 17.5 Å². The highest BCUT2D eigenvalue weighted by atomic mass is 16.5. The fourth-order valence-electron chi connectivity index (χ4n) is 3.24. The number of nitrogens with one attached hydrogen (secondary N) is 1. The van der Waals surface area contributed by atoms with E-state index in [1.807, 2.05) is 56.3 Å². The Balaban J connectivity index is 1.55. The van der Waals surface area contributed by atoms with Crippen LogP contribution in [0.5, 0.6) is 11.5 Å². The minimum absolute atomic E-state index is 0.0869. The third kappa shape index (κ3) is 4.44. The Morgan fingerprint density at radius 2 is 1.86 bits per heavy atom. The zero-order chi connectivity index (χ0) is 20.1. The Morgan fingerprint density at radius 3 is 2.57 bits per heavy atom. The van der Waals surface area contributed by atoms with Crippen molar-refractivity contribution in [1.29, 1.82) is 0 Å². The van der Waals surface area contributed by atoms with Gasteiger partial charge in [-0.25, -0.2) is 0 Å². The molecule has 0 radical (unpaired) electrons. The lowest BCUT2D eigenvalue weighted by atomic mass is 9.95. The standard InChI is InChI=1S/C22H26N2O4/c1-4-27-19-7-5-6-8-20(19)28-12-11-24(3)21(25)14-17-16-13-15(2)9-10-18(16)23-22(17)26/h5-10,13,17H,4,11-12,14H2,1-3H3,(H,23,26)/t17-/m0/s1. The van der Waals surface area contributed by atoms with Crippen LogP contribution in [0.2, 0.25) is 0 Å². The Kier molecular flexibility index (Phi) is 6.19. The molecule has 0 spiro atoms. The van der Waals surface area contributed by atoms with Gasteiger partial charge >= 0.3 is 0 Å². The monoisotopic (exact) mass is 382 g/mol. The van der Waals surface area contributed by atoms with E-state index in [1.54, 1.807) is 11.9 Å².